The predicted molar refractivity (Wildman–Crippen MR) is 119 cm³/mol. The minimum absolute atomic E-state index is 0.0302. The van der Waals surface area contributed by atoms with E-state index >= 15 is 0 Å². The summed E-state index contributed by atoms with van der Waals surface area (Å²) >= 11 is 1.75. The maximum atomic E-state index is 13.2. The molecule has 2 heterocycles. The molecule has 0 radical (unpaired) electrons. The zero-order chi connectivity index (χ0) is 20.8. The summed E-state index contributed by atoms with van der Waals surface area (Å²) in [6, 6.07) is 15.0. The summed E-state index contributed by atoms with van der Waals surface area (Å²) in [4.78, 5) is 0.252. The lowest BCUT2D eigenvalue weighted by molar-refractivity contribution is 0.587. The molecule has 1 aliphatic heterocycles. The van der Waals surface area contributed by atoms with Gasteiger partial charge in [0.1, 0.15) is 5.82 Å². The van der Waals surface area contributed by atoms with Crippen LogP contribution in [0.3, 0.4) is 0 Å². The van der Waals surface area contributed by atoms with Gasteiger partial charge in [-0.2, -0.15) is 16.9 Å². The Labute approximate surface area is 176 Å². The largest absolute Gasteiger partial charge is 0.263 e. The lowest BCUT2D eigenvalue weighted by Crippen LogP contribution is -2.17. The van der Waals surface area contributed by atoms with Gasteiger partial charge in [-0.3, -0.25) is 4.72 Å². The van der Waals surface area contributed by atoms with Crippen LogP contribution >= 0.6 is 11.8 Å². The predicted octanol–water partition coefficient (Wildman–Crippen LogP) is 5.03. The Morgan fingerprint density at radius 3 is 2.45 bits per heavy atom. The summed E-state index contributed by atoms with van der Waals surface area (Å²) in [6.45, 7) is 8.33. The van der Waals surface area contributed by atoms with Crippen LogP contribution in [0, 0.1) is 6.92 Å². The van der Waals surface area contributed by atoms with Crippen molar-refractivity contribution in [3.05, 3.63) is 70.9 Å². The molecule has 1 aliphatic rings. The van der Waals surface area contributed by atoms with Gasteiger partial charge in [0.15, 0.2) is 0 Å². The third kappa shape index (κ3) is 3.94. The van der Waals surface area contributed by atoms with Crippen LogP contribution in [0.1, 0.15) is 43.2 Å². The molecule has 152 valence electrons. The van der Waals surface area contributed by atoms with Gasteiger partial charge in [-0.05, 0) is 47.7 Å². The smallest absolute Gasteiger partial charge is 0.263 e. The van der Waals surface area contributed by atoms with Crippen molar-refractivity contribution in [2.45, 2.75) is 49.5 Å². The standard InChI is InChI=1S/C22H25N3O2S2/c1-15-6-5-7-17(12-15)25-21(19-13-28-14-20(19)23-25)24-29(26,27)18-10-8-16(9-11-18)22(2,3)4/h5-12,24H,13-14H2,1-4H3. The molecule has 5 nitrogen and oxygen atoms in total. The minimum Gasteiger partial charge on any atom is -0.263 e. The van der Waals surface area contributed by atoms with Crippen LogP contribution in [0.5, 0.6) is 0 Å². The molecule has 0 fully saturated rings. The quantitative estimate of drug-likeness (QED) is 0.635. The molecule has 29 heavy (non-hydrogen) atoms. The molecule has 0 bridgehead atoms. The molecule has 0 spiro atoms. The Bertz CT molecular complexity index is 1160. The van der Waals surface area contributed by atoms with E-state index in [0.717, 1.165) is 39.6 Å². The number of aryl methyl sites for hydroxylation is 1. The van der Waals surface area contributed by atoms with Crippen LogP contribution in [0.15, 0.2) is 53.4 Å². The van der Waals surface area contributed by atoms with Gasteiger partial charge < -0.3 is 0 Å². The van der Waals surface area contributed by atoms with E-state index in [1.54, 1.807) is 28.6 Å². The zero-order valence-electron chi connectivity index (χ0n) is 17.1. The summed E-state index contributed by atoms with van der Waals surface area (Å²) in [6.07, 6.45) is 0. The molecule has 1 aromatic heterocycles. The number of anilines is 1. The summed E-state index contributed by atoms with van der Waals surface area (Å²) in [5, 5.41) is 4.70. The number of rotatable bonds is 4. The second-order valence-electron chi connectivity index (χ2n) is 8.40. The van der Waals surface area contributed by atoms with Crippen LogP contribution in [0.2, 0.25) is 0 Å². The van der Waals surface area contributed by atoms with Gasteiger partial charge in [-0.15, -0.1) is 0 Å². The van der Waals surface area contributed by atoms with Gasteiger partial charge in [0.05, 0.1) is 16.3 Å². The first-order chi connectivity index (χ1) is 13.6. The molecule has 0 aliphatic carbocycles. The summed E-state index contributed by atoms with van der Waals surface area (Å²) in [7, 11) is -3.73. The average Bonchev–Trinajstić information content (AvgIpc) is 3.24. The molecule has 0 unspecified atom stereocenters. The zero-order valence-corrected chi connectivity index (χ0v) is 18.7. The molecule has 1 N–H and O–H groups in total. The lowest BCUT2D eigenvalue weighted by atomic mass is 9.87. The van der Waals surface area contributed by atoms with Gasteiger partial charge >= 0.3 is 0 Å². The fraction of sp³-hybridized carbons (Fsp3) is 0.318. The Hall–Kier alpha value is -2.25. The van der Waals surface area contributed by atoms with Crippen molar-refractivity contribution in [3.63, 3.8) is 0 Å². The monoisotopic (exact) mass is 427 g/mol. The van der Waals surface area contributed by atoms with Crippen molar-refractivity contribution < 1.29 is 8.42 Å². The SMILES string of the molecule is Cc1cccc(-n2nc3c(c2NS(=O)(=O)c2ccc(C(C)(C)C)cc2)CSC3)c1. The van der Waals surface area contributed by atoms with Crippen molar-refractivity contribution in [3.8, 4) is 5.69 Å². The number of hydrogen-bond acceptors (Lipinski definition) is 4. The topological polar surface area (TPSA) is 64.0 Å². The van der Waals surface area contributed by atoms with E-state index in [9.17, 15) is 8.42 Å². The van der Waals surface area contributed by atoms with Crippen molar-refractivity contribution in [1.82, 2.24) is 9.78 Å². The fourth-order valence-corrected chi connectivity index (χ4v) is 5.50. The average molecular weight is 428 g/mol. The highest BCUT2D eigenvalue weighted by Gasteiger charge is 2.27. The highest BCUT2D eigenvalue weighted by molar-refractivity contribution is 7.98. The number of thioether (sulfide) groups is 1. The summed E-state index contributed by atoms with van der Waals surface area (Å²) in [5.41, 5.74) is 4.92. The van der Waals surface area contributed by atoms with Gasteiger partial charge in [0.2, 0.25) is 0 Å². The first-order valence-electron chi connectivity index (χ1n) is 9.54. The first-order valence-corrected chi connectivity index (χ1v) is 12.2. The van der Waals surface area contributed by atoms with Gasteiger partial charge in [-0.25, -0.2) is 13.1 Å². The molecule has 3 aromatic rings. The Morgan fingerprint density at radius 1 is 1.07 bits per heavy atom. The van der Waals surface area contributed by atoms with Crippen molar-refractivity contribution in [2.75, 3.05) is 4.72 Å². The summed E-state index contributed by atoms with van der Waals surface area (Å²) in [5.74, 6) is 2.08. The van der Waals surface area contributed by atoms with E-state index in [-0.39, 0.29) is 10.3 Å². The molecule has 0 amide bonds. The maximum absolute atomic E-state index is 13.2. The number of nitrogens with zero attached hydrogens (tertiary/aromatic N) is 2. The van der Waals surface area contributed by atoms with E-state index in [0.29, 0.717) is 5.82 Å². The number of sulfonamides is 1. The number of benzene rings is 2. The van der Waals surface area contributed by atoms with Gasteiger partial charge in [0.25, 0.3) is 10.0 Å². The van der Waals surface area contributed by atoms with E-state index < -0.39 is 10.0 Å². The Kier molecular flexibility index (Phi) is 4.99. The Balaban J connectivity index is 1.74. The number of hydrogen-bond donors (Lipinski definition) is 1. The number of fused-ring (bicyclic) bond motifs is 1. The third-order valence-corrected chi connectivity index (χ3v) is 7.39. The van der Waals surface area contributed by atoms with Crippen LogP contribution in [-0.2, 0) is 26.9 Å². The molecular weight excluding hydrogens is 402 g/mol. The normalized spacial score (nSPS) is 14.1. The fourth-order valence-electron chi connectivity index (χ4n) is 3.38. The number of nitrogens with one attached hydrogen (secondary N) is 1. The molecule has 2 aromatic carbocycles. The van der Waals surface area contributed by atoms with Crippen molar-refractivity contribution >= 4 is 27.6 Å². The van der Waals surface area contributed by atoms with E-state index in [2.05, 4.69) is 25.5 Å². The van der Waals surface area contributed by atoms with Crippen LogP contribution in [-0.4, -0.2) is 18.2 Å². The molecule has 0 saturated heterocycles. The molecule has 7 heteroatoms. The van der Waals surface area contributed by atoms with Gasteiger partial charge in [-0.1, -0.05) is 45.0 Å². The van der Waals surface area contributed by atoms with Crippen LogP contribution in [0.25, 0.3) is 5.69 Å². The second-order valence-corrected chi connectivity index (χ2v) is 11.1. The van der Waals surface area contributed by atoms with Crippen molar-refractivity contribution in [2.24, 2.45) is 0 Å². The third-order valence-electron chi connectivity index (χ3n) is 5.06. The molecular formula is C22H25N3O2S2. The molecule has 4 rings (SSSR count). The lowest BCUT2D eigenvalue weighted by Gasteiger charge is -2.19. The maximum Gasteiger partial charge on any atom is 0.263 e. The van der Waals surface area contributed by atoms with E-state index in [4.69, 9.17) is 5.10 Å². The van der Waals surface area contributed by atoms with Crippen molar-refractivity contribution in [1.29, 1.82) is 0 Å². The van der Waals surface area contributed by atoms with Gasteiger partial charge in [0, 0.05) is 17.1 Å². The molecule has 0 saturated carbocycles. The van der Waals surface area contributed by atoms with Crippen LogP contribution < -0.4 is 4.72 Å². The molecule has 0 atom stereocenters. The highest BCUT2D eigenvalue weighted by Crippen LogP contribution is 2.37. The Morgan fingerprint density at radius 2 is 1.79 bits per heavy atom. The van der Waals surface area contributed by atoms with E-state index in [1.165, 1.54) is 0 Å². The van der Waals surface area contributed by atoms with E-state index in [1.807, 2.05) is 43.3 Å². The first kappa shape index (κ1) is 20.0. The van der Waals surface area contributed by atoms with Crippen LogP contribution in [0.4, 0.5) is 5.82 Å². The highest BCUT2D eigenvalue weighted by atomic mass is 32.2. The number of aromatic nitrogens is 2. The second kappa shape index (κ2) is 7.22. The summed E-state index contributed by atoms with van der Waals surface area (Å²) < 4.78 is 30.8. The minimum atomic E-state index is -3.73.